The topological polar surface area (TPSA) is 59.2 Å². The highest BCUT2D eigenvalue weighted by Gasteiger charge is 2.26. The number of carbonyl (C=O) groups excluding carboxylic acids is 1. The van der Waals surface area contributed by atoms with Crippen LogP contribution in [0.4, 0.5) is 0 Å². The standard InChI is InChI=1S/C13H21N3OS.ClH/c1-13(2)4-3-6-16(7-5-13)12(17)10-9-18-11(8-14)15-10;/h9H,3-8,14H2,1-2H3;1H. The average molecular weight is 304 g/mol. The Kier molecular flexibility index (Phi) is 5.77. The summed E-state index contributed by atoms with van der Waals surface area (Å²) in [5.41, 5.74) is 6.43. The molecule has 108 valence electrons. The summed E-state index contributed by atoms with van der Waals surface area (Å²) in [6.07, 6.45) is 3.32. The van der Waals surface area contributed by atoms with Crippen LogP contribution >= 0.6 is 23.7 Å². The van der Waals surface area contributed by atoms with Gasteiger partial charge in [0, 0.05) is 25.0 Å². The van der Waals surface area contributed by atoms with Crippen LogP contribution in [-0.4, -0.2) is 28.9 Å². The average Bonchev–Trinajstić information content (AvgIpc) is 2.74. The third kappa shape index (κ3) is 4.16. The minimum Gasteiger partial charge on any atom is -0.337 e. The number of hydrogen-bond acceptors (Lipinski definition) is 4. The number of amides is 1. The van der Waals surface area contributed by atoms with Gasteiger partial charge in [-0.25, -0.2) is 4.98 Å². The summed E-state index contributed by atoms with van der Waals surface area (Å²) in [7, 11) is 0. The molecule has 0 aromatic carbocycles. The summed E-state index contributed by atoms with van der Waals surface area (Å²) in [5.74, 6) is 0.0589. The van der Waals surface area contributed by atoms with Gasteiger partial charge in [0.1, 0.15) is 10.7 Å². The smallest absolute Gasteiger partial charge is 0.273 e. The van der Waals surface area contributed by atoms with E-state index in [0.717, 1.165) is 30.9 Å². The Morgan fingerprint density at radius 3 is 2.84 bits per heavy atom. The zero-order valence-electron chi connectivity index (χ0n) is 11.5. The van der Waals surface area contributed by atoms with E-state index < -0.39 is 0 Å². The highest BCUT2D eigenvalue weighted by molar-refractivity contribution is 7.09. The van der Waals surface area contributed by atoms with Gasteiger partial charge < -0.3 is 10.6 Å². The fourth-order valence-electron chi connectivity index (χ4n) is 2.29. The van der Waals surface area contributed by atoms with Crippen molar-refractivity contribution in [3.05, 3.63) is 16.1 Å². The summed E-state index contributed by atoms with van der Waals surface area (Å²) in [5, 5.41) is 2.65. The Morgan fingerprint density at radius 1 is 1.47 bits per heavy atom. The molecule has 2 rings (SSSR count). The van der Waals surface area contributed by atoms with E-state index >= 15 is 0 Å². The monoisotopic (exact) mass is 303 g/mol. The van der Waals surface area contributed by atoms with Gasteiger partial charge in [0.15, 0.2) is 0 Å². The van der Waals surface area contributed by atoms with Crippen molar-refractivity contribution in [3.8, 4) is 0 Å². The predicted octanol–water partition coefficient (Wildman–Crippen LogP) is 2.68. The molecule has 6 heteroatoms. The van der Waals surface area contributed by atoms with Crippen molar-refractivity contribution in [1.82, 2.24) is 9.88 Å². The van der Waals surface area contributed by atoms with Crippen LogP contribution in [0.5, 0.6) is 0 Å². The fourth-order valence-corrected chi connectivity index (χ4v) is 2.94. The molecule has 1 aliphatic heterocycles. The predicted molar refractivity (Wildman–Crippen MR) is 80.8 cm³/mol. The second-order valence-electron chi connectivity index (χ2n) is 5.64. The lowest BCUT2D eigenvalue weighted by atomic mass is 9.85. The number of rotatable bonds is 2. The SMILES string of the molecule is CC1(C)CCCN(C(=O)c2csc(CN)n2)CC1.Cl. The van der Waals surface area contributed by atoms with E-state index in [9.17, 15) is 4.79 Å². The number of hydrogen-bond donors (Lipinski definition) is 1. The second-order valence-corrected chi connectivity index (χ2v) is 6.58. The first-order valence-corrected chi connectivity index (χ1v) is 7.33. The van der Waals surface area contributed by atoms with Crippen LogP contribution in [0.15, 0.2) is 5.38 Å². The molecule has 0 atom stereocenters. The van der Waals surface area contributed by atoms with Crippen molar-refractivity contribution in [3.63, 3.8) is 0 Å². The molecule has 1 aromatic heterocycles. The molecule has 0 aliphatic carbocycles. The van der Waals surface area contributed by atoms with Crippen molar-refractivity contribution in [1.29, 1.82) is 0 Å². The largest absolute Gasteiger partial charge is 0.337 e. The zero-order valence-corrected chi connectivity index (χ0v) is 13.1. The molecule has 0 saturated carbocycles. The zero-order chi connectivity index (χ0) is 13.2. The first-order chi connectivity index (χ1) is 8.52. The van der Waals surface area contributed by atoms with Gasteiger partial charge >= 0.3 is 0 Å². The highest BCUT2D eigenvalue weighted by atomic mass is 35.5. The Morgan fingerprint density at radius 2 is 2.21 bits per heavy atom. The van der Waals surface area contributed by atoms with Gasteiger partial charge in [-0.15, -0.1) is 23.7 Å². The highest BCUT2D eigenvalue weighted by Crippen LogP contribution is 2.30. The van der Waals surface area contributed by atoms with Crippen LogP contribution in [0, 0.1) is 5.41 Å². The van der Waals surface area contributed by atoms with Gasteiger partial charge in [-0.2, -0.15) is 0 Å². The summed E-state index contributed by atoms with van der Waals surface area (Å²) in [4.78, 5) is 18.5. The molecule has 0 bridgehead atoms. The maximum Gasteiger partial charge on any atom is 0.273 e. The Balaban J connectivity index is 0.00000180. The van der Waals surface area contributed by atoms with E-state index in [1.807, 2.05) is 10.3 Å². The third-order valence-corrected chi connectivity index (χ3v) is 4.44. The van der Waals surface area contributed by atoms with Crippen LogP contribution < -0.4 is 5.73 Å². The first kappa shape index (κ1) is 16.4. The Labute approximate surface area is 124 Å². The number of carbonyl (C=O) groups is 1. The van der Waals surface area contributed by atoms with E-state index in [1.54, 1.807) is 0 Å². The number of nitrogens with zero attached hydrogens (tertiary/aromatic N) is 2. The van der Waals surface area contributed by atoms with Crippen molar-refractivity contribution in [2.75, 3.05) is 13.1 Å². The van der Waals surface area contributed by atoms with Crippen molar-refractivity contribution in [2.45, 2.75) is 39.7 Å². The number of likely N-dealkylation sites (tertiary alicyclic amines) is 1. The summed E-state index contributed by atoms with van der Waals surface area (Å²) < 4.78 is 0. The molecule has 1 fully saturated rings. The van der Waals surface area contributed by atoms with E-state index in [-0.39, 0.29) is 18.3 Å². The van der Waals surface area contributed by atoms with Gasteiger partial charge in [-0.1, -0.05) is 13.8 Å². The Hall–Kier alpha value is -0.650. The van der Waals surface area contributed by atoms with Gasteiger partial charge in [0.2, 0.25) is 0 Å². The summed E-state index contributed by atoms with van der Waals surface area (Å²) in [6, 6.07) is 0. The van der Waals surface area contributed by atoms with E-state index in [2.05, 4.69) is 18.8 Å². The molecule has 1 aromatic rings. The van der Waals surface area contributed by atoms with Crippen LogP contribution in [0.2, 0.25) is 0 Å². The third-order valence-electron chi connectivity index (χ3n) is 3.57. The van der Waals surface area contributed by atoms with E-state index in [0.29, 0.717) is 17.7 Å². The minimum absolute atomic E-state index is 0. The van der Waals surface area contributed by atoms with E-state index in [1.165, 1.54) is 17.8 Å². The molecule has 19 heavy (non-hydrogen) atoms. The van der Waals surface area contributed by atoms with Gasteiger partial charge in [-0.3, -0.25) is 4.79 Å². The van der Waals surface area contributed by atoms with Gasteiger partial charge in [0.05, 0.1) is 0 Å². The maximum absolute atomic E-state index is 12.3. The quantitative estimate of drug-likeness (QED) is 0.914. The first-order valence-electron chi connectivity index (χ1n) is 6.45. The lowest BCUT2D eigenvalue weighted by Crippen LogP contribution is -2.32. The lowest BCUT2D eigenvalue weighted by Gasteiger charge is -2.22. The van der Waals surface area contributed by atoms with Crippen molar-refractivity contribution in [2.24, 2.45) is 11.1 Å². The molecule has 1 saturated heterocycles. The number of thiazole rings is 1. The minimum atomic E-state index is 0. The number of nitrogens with two attached hydrogens (primary N) is 1. The molecule has 0 spiro atoms. The van der Waals surface area contributed by atoms with Crippen LogP contribution in [0.25, 0.3) is 0 Å². The van der Waals surface area contributed by atoms with Crippen LogP contribution in [0.3, 0.4) is 0 Å². The number of aromatic nitrogens is 1. The molecule has 0 unspecified atom stereocenters. The van der Waals surface area contributed by atoms with Crippen molar-refractivity contribution < 1.29 is 4.79 Å². The summed E-state index contributed by atoms with van der Waals surface area (Å²) >= 11 is 1.46. The van der Waals surface area contributed by atoms with E-state index in [4.69, 9.17) is 5.73 Å². The molecule has 2 N–H and O–H groups in total. The number of halogens is 1. The van der Waals surface area contributed by atoms with Crippen LogP contribution in [0.1, 0.15) is 48.6 Å². The molecule has 1 amide bonds. The van der Waals surface area contributed by atoms with Crippen LogP contribution in [-0.2, 0) is 6.54 Å². The van der Waals surface area contributed by atoms with Gasteiger partial charge in [0.25, 0.3) is 5.91 Å². The maximum atomic E-state index is 12.3. The molecule has 0 radical (unpaired) electrons. The lowest BCUT2D eigenvalue weighted by molar-refractivity contribution is 0.0752. The normalized spacial score (nSPS) is 18.6. The molecule has 4 nitrogen and oxygen atoms in total. The molecule has 1 aliphatic rings. The Bertz CT molecular complexity index is 433. The van der Waals surface area contributed by atoms with Gasteiger partial charge in [-0.05, 0) is 24.7 Å². The summed E-state index contributed by atoms with van der Waals surface area (Å²) in [6.45, 7) is 6.64. The second kappa shape index (κ2) is 6.68. The van der Waals surface area contributed by atoms with Crippen molar-refractivity contribution >= 4 is 29.7 Å². The molecular weight excluding hydrogens is 282 g/mol. The molecule has 2 heterocycles. The fraction of sp³-hybridized carbons (Fsp3) is 0.692. The molecular formula is C13H22ClN3OS.